The standard InChI is InChI=1S/C54H37N4Si.C49H35N4Si.2Pt/c1-5-18-40(19-6-1)41-34-35-55-54(36-41)58-50-29-14-13-28-48(50)49-33-32-47(38-53(49)58)59(44-23-9-3-10-24-44,45-25-11-4-12-26-45)46-27-17-22-43(37-46)57-39-56(42-20-7-2-8-21-42)51-30-15-16-31-52(51)57;1-51-35-52(47-27-14-13-26-46(47)51)38-18-15-23-41(33-38)54(39-19-7-3-8-20-39,40-21-9-4-10-22-40)42-28-29-44-43-24-11-12-25-45(43)53(48(44)34-42)49-32-37(30-31-50-49)36-16-5-2-6-17-36;;/h1-36,39H;2-32,35H,1H3;;/q2*-1;;/i;1D3;;. The summed E-state index contributed by atoms with van der Waals surface area (Å²) >= 11 is 0. The monoisotopic (exact) mass is 1870 g/mol. The van der Waals surface area contributed by atoms with Gasteiger partial charge in [0, 0.05) is 112 Å². The molecule has 0 N–H and O–H groups in total. The largest absolute Gasteiger partial charge is 0.319 e. The Balaban J connectivity index is 0.000000160. The predicted octanol–water partition coefficient (Wildman–Crippen LogP) is 18.2. The zero-order valence-corrected chi connectivity index (χ0v) is 68.6. The maximum atomic E-state index is 8.32. The Morgan fingerprint density at radius 1 is 0.278 bits per heavy atom. The van der Waals surface area contributed by atoms with Crippen molar-refractivity contribution in [1.82, 2.24) is 37.4 Å². The summed E-state index contributed by atoms with van der Waals surface area (Å²) < 4.78 is 37.3. The van der Waals surface area contributed by atoms with E-state index in [1.165, 1.54) is 30.7 Å². The fourth-order valence-corrected chi connectivity index (χ4v) is 26.2. The van der Waals surface area contributed by atoms with Gasteiger partial charge in [-0.3, -0.25) is 0 Å². The second-order valence-corrected chi connectivity index (χ2v) is 35.9. The number of nitrogens with zero attached hydrogens (tertiary/aromatic N) is 8. The number of hydrogen-bond donors (Lipinski definition) is 0. The van der Waals surface area contributed by atoms with Crippen LogP contribution in [0.4, 0.5) is 0 Å². The number of hydrogen-bond acceptors (Lipinski definition) is 2. The van der Waals surface area contributed by atoms with Crippen LogP contribution in [-0.2, 0) is 49.1 Å². The van der Waals surface area contributed by atoms with Gasteiger partial charge >= 0.3 is 0 Å². The van der Waals surface area contributed by atoms with Gasteiger partial charge in [0.15, 0.2) is 34.7 Å². The number of aryl methyl sites for hydroxylation is 1. The van der Waals surface area contributed by atoms with Gasteiger partial charge in [0.05, 0.1) is 0 Å². The van der Waals surface area contributed by atoms with Crippen molar-refractivity contribution in [2.45, 2.75) is 0 Å². The molecule has 21 aromatic rings. The topological polar surface area (TPSA) is 55.4 Å². The van der Waals surface area contributed by atoms with Gasteiger partial charge in [-0.15, -0.1) is 40.2 Å². The van der Waals surface area contributed by atoms with E-state index >= 15 is 0 Å². The summed E-state index contributed by atoms with van der Waals surface area (Å²) in [5.41, 5.74) is 15.1. The molecule has 0 fully saturated rings. The molecule has 0 saturated carbocycles. The van der Waals surface area contributed by atoms with Crippen LogP contribution in [-0.4, -0.2) is 53.5 Å². The van der Waals surface area contributed by atoms with Crippen molar-refractivity contribution >= 4 is 123 Å². The Bertz CT molecular complexity index is 7130. The van der Waals surface area contributed by atoms with Gasteiger partial charge in [-0.1, -0.05) is 260 Å². The summed E-state index contributed by atoms with van der Waals surface area (Å²) in [6, 6.07) is 155. The first-order chi connectivity index (χ1) is 57.2. The van der Waals surface area contributed by atoms with Gasteiger partial charge in [-0.05, 0) is 114 Å². The van der Waals surface area contributed by atoms with Crippen LogP contribution in [0.1, 0.15) is 4.11 Å². The van der Waals surface area contributed by atoms with E-state index in [0.717, 1.165) is 126 Å². The first-order valence-electron chi connectivity index (χ1n) is 39.5. The molecule has 0 bridgehead atoms. The number of imidazole rings is 2. The van der Waals surface area contributed by atoms with Crippen molar-refractivity contribution in [2.75, 3.05) is 0 Å². The molecule has 6 heterocycles. The average Bonchev–Trinajstić information content (AvgIpc) is 1.52. The molecule has 12 heteroatoms. The maximum Gasteiger partial charge on any atom is 0.188 e. The number of fused-ring (bicyclic) bond motifs is 8. The molecule has 8 nitrogen and oxygen atoms in total. The number of para-hydroxylation sites is 7. The van der Waals surface area contributed by atoms with Gasteiger partial charge < -0.3 is 9.13 Å². The molecule has 0 radical (unpaired) electrons. The van der Waals surface area contributed by atoms with E-state index in [1.54, 1.807) is 6.33 Å². The molecule has 0 spiro atoms. The molecule has 0 saturated heterocycles. The van der Waals surface area contributed by atoms with Gasteiger partial charge in [0.25, 0.3) is 0 Å². The molecular formula is C103H72N8Pt2Si2-2. The zero-order chi connectivity index (χ0) is 77.7. The minimum atomic E-state index is -3.19. The van der Waals surface area contributed by atoms with E-state index in [0.29, 0.717) is 5.52 Å². The fourth-order valence-electron chi connectivity index (χ4n) is 17.1. The minimum Gasteiger partial charge on any atom is -0.319 e. The first kappa shape index (κ1) is 69.9. The van der Waals surface area contributed by atoms with Crippen LogP contribution in [0.2, 0.25) is 0 Å². The maximum absolute atomic E-state index is 8.32. The molecule has 554 valence electrons. The molecule has 0 aliphatic heterocycles. The normalized spacial score (nSPS) is 12.1. The predicted molar refractivity (Wildman–Crippen MR) is 471 cm³/mol. The summed E-state index contributed by atoms with van der Waals surface area (Å²) in [5.74, 6) is 1.68. The van der Waals surface area contributed by atoms with Gasteiger partial charge in [-0.25, -0.2) is 23.7 Å². The molecule has 0 amide bonds. The smallest absolute Gasteiger partial charge is 0.188 e. The molecular weight excluding hydrogens is 1800 g/mol. The second kappa shape index (κ2) is 31.5. The molecule has 0 atom stereocenters. The van der Waals surface area contributed by atoms with Crippen LogP contribution >= 0.6 is 0 Å². The van der Waals surface area contributed by atoms with Crippen molar-refractivity contribution in [3.63, 3.8) is 0 Å². The van der Waals surface area contributed by atoms with Crippen molar-refractivity contribution in [3.05, 3.63) is 444 Å². The summed E-state index contributed by atoms with van der Waals surface area (Å²) in [5, 5.41) is 13.8. The molecule has 0 aliphatic carbocycles. The van der Waals surface area contributed by atoms with E-state index in [4.69, 9.17) is 14.1 Å². The van der Waals surface area contributed by atoms with Crippen LogP contribution in [0.25, 0.3) is 117 Å². The van der Waals surface area contributed by atoms with Gasteiger partial charge in [-0.2, -0.15) is 80.8 Å². The van der Waals surface area contributed by atoms with E-state index in [9.17, 15) is 0 Å². The van der Waals surface area contributed by atoms with Crippen LogP contribution in [0.5, 0.6) is 0 Å². The quantitative estimate of drug-likeness (QED) is 0.0583. The Hall–Kier alpha value is -13.0. The van der Waals surface area contributed by atoms with Crippen LogP contribution in [0, 0.1) is 24.3 Å². The third kappa shape index (κ3) is 12.9. The Morgan fingerprint density at radius 2 is 0.617 bits per heavy atom. The Kier molecular flexibility index (Phi) is 19.1. The van der Waals surface area contributed by atoms with E-state index in [1.807, 2.05) is 53.4 Å². The minimum absolute atomic E-state index is 0. The van der Waals surface area contributed by atoms with E-state index in [-0.39, 0.29) is 42.1 Å². The van der Waals surface area contributed by atoms with E-state index in [2.05, 4.69) is 407 Å². The number of rotatable bonds is 15. The Morgan fingerprint density at radius 3 is 1.03 bits per heavy atom. The van der Waals surface area contributed by atoms with Gasteiger partial charge in [0.1, 0.15) is 33.5 Å². The van der Waals surface area contributed by atoms with Crippen LogP contribution in [0.3, 0.4) is 0 Å². The average molecular weight is 1870 g/mol. The number of benzene rings is 15. The van der Waals surface area contributed by atoms with Crippen molar-refractivity contribution < 1.29 is 46.2 Å². The molecule has 6 aromatic heterocycles. The number of aromatic nitrogens is 8. The van der Waals surface area contributed by atoms with Crippen molar-refractivity contribution in [1.29, 1.82) is 0 Å². The molecule has 21 rings (SSSR count). The summed E-state index contributed by atoms with van der Waals surface area (Å²) in [4.78, 5) is 9.98. The zero-order valence-electron chi connectivity index (χ0n) is 65.0. The third-order valence-electron chi connectivity index (χ3n) is 22.2. The Labute approximate surface area is 702 Å². The summed E-state index contributed by atoms with van der Waals surface area (Å²) in [6.45, 7) is -2.35. The van der Waals surface area contributed by atoms with E-state index < -0.39 is 23.1 Å². The SMILES string of the molecule is [2H]C([2H])([2H])n1[cH+]n(-c2[c-]c([Si](c3[c-]c4c(cc3)c3ccccc3n4-c3cc(-c4ccccc4)ccn3)(c3ccccc3)c3ccccc3)ccc2)c2ccccc21.[Pt].[Pt].[c-]1c(-n2[cH+]n(-c3ccccc3)c3ccccc32)cccc1[Si](c1[c-]c2c(cc1)c1ccccc1n2-c1cc(-c2ccccc2)ccn1)(c1ccccc1)c1ccccc1. The van der Waals surface area contributed by atoms with Crippen molar-refractivity contribution in [3.8, 4) is 51.0 Å². The summed E-state index contributed by atoms with van der Waals surface area (Å²) in [6.07, 6.45) is 7.67. The first-order valence-corrected chi connectivity index (χ1v) is 42.0. The fraction of sp³-hybridized carbons (Fsp3) is 0.00971. The molecule has 0 aliphatic rings. The summed E-state index contributed by atoms with van der Waals surface area (Å²) in [7, 11) is -6.30. The number of pyridine rings is 2. The molecule has 115 heavy (non-hydrogen) atoms. The van der Waals surface area contributed by atoms with Crippen molar-refractivity contribution in [2.24, 2.45) is 6.98 Å². The second-order valence-electron chi connectivity index (χ2n) is 28.4. The van der Waals surface area contributed by atoms with Crippen LogP contribution < -0.4 is 41.5 Å². The molecule has 0 unspecified atom stereocenters. The van der Waals surface area contributed by atoms with Gasteiger partial charge in [0.2, 0.25) is 0 Å². The van der Waals surface area contributed by atoms with Crippen LogP contribution in [0.15, 0.2) is 419 Å². The molecule has 15 aromatic carbocycles. The third-order valence-corrected chi connectivity index (χ3v) is 31.3.